The van der Waals surface area contributed by atoms with E-state index in [0.29, 0.717) is 11.3 Å². The topological polar surface area (TPSA) is 66.0 Å². The minimum Gasteiger partial charge on any atom is -0.467 e. The Morgan fingerprint density at radius 3 is 2.60 bits per heavy atom. The number of carbonyl (C=O) groups is 1. The van der Waals surface area contributed by atoms with Crippen LogP contribution in [0, 0.1) is 11.3 Å². The number of amides is 1. The van der Waals surface area contributed by atoms with Gasteiger partial charge in [0.1, 0.15) is 17.4 Å². The van der Waals surface area contributed by atoms with E-state index in [1.54, 1.807) is 19.1 Å². The minimum atomic E-state index is -0.398. The highest BCUT2D eigenvalue weighted by molar-refractivity contribution is 6.04. The molecule has 0 aliphatic carbocycles. The predicted octanol–water partition coefficient (Wildman–Crippen LogP) is 2.89. The Balaban J connectivity index is 2.15. The first-order chi connectivity index (χ1) is 9.72. The summed E-state index contributed by atoms with van der Waals surface area (Å²) in [7, 11) is 0. The van der Waals surface area contributed by atoms with Gasteiger partial charge in [0, 0.05) is 0 Å². The summed E-state index contributed by atoms with van der Waals surface area (Å²) in [6, 6.07) is 14.8. The Bertz CT molecular complexity index is 650. The zero-order chi connectivity index (χ0) is 14.4. The fourth-order valence-electron chi connectivity index (χ4n) is 1.81. The summed E-state index contributed by atoms with van der Waals surface area (Å²) in [4.78, 5) is 12.1. The van der Waals surface area contributed by atoms with E-state index in [0.717, 1.165) is 5.56 Å². The second kappa shape index (κ2) is 6.39. The third-order valence-electron chi connectivity index (χ3n) is 2.92. The van der Waals surface area contributed by atoms with Gasteiger partial charge < -0.3 is 9.73 Å². The number of hydrogen-bond donors (Lipinski definition) is 1. The molecule has 4 heteroatoms. The number of benzene rings is 1. The van der Waals surface area contributed by atoms with Crippen LogP contribution in [0.1, 0.15) is 18.2 Å². The number of nitrogens with zero attached hydrogens (tertiary/aromatic N) is 1. The van der Waals surface area contributed by atoms with Crippen molar-refractivity contribution in [3.05, 3.63) is 65.6 Å². The molecule has 2 rings (SSSR count). The van der Waals surface area contributed by atoms with Crippen LogP contribution >= 0.6 is 0 Å². The van der Waals surface area contributed by atoms with E-state index in [4.69, 9.17) is 4.42 Å². The number of allylic oxidation sites excluding steroid dienone is 1. The zero-order valence-electron chi connectivity index (χ0n) is 11.1. The average Bonchev–Trinajstić information content (AvgIpc) is 3.00. The van der Waals surface area contributed by atoms with Gasteiger partial charge in [0.05, 0.1) is 12.8 Å². The minimum absolute atomic E-state index is 0.114. The van der Waals surface area contributed by atoms with Gasteiger partial charge in [0.2, 0.25) is 0 Å². The number of nitrogens with one attached hydrogen (secondary N) is 1. The summed E-state index contributed by atoms with van der Waals surface area (Å²) < 4.78 is 5.13. The van der Waals surface area contributed by atoms with Crippen LogP contribution in [0.15, 0.2) is 58.7 Å². The lowest BCUT2D eigenvalue weighted by Crippen LogP contribution is -2.24. The fourth-order valence-corrected chi connectivity index (χ4v) is 1.81. The summed E-state index contributed by atoms with van der Waals surface area (Å²) in [5.74, 6) is 0.248. The molecule has 100 valence electrons. The monoisotopic (exact) mass is 266 g/mol. The number of nitriles is 1. The molecule has 0 spiro atoms. The van der Waals surface area contributed by atoms with E-state index in [-0.39, 0.29) is 12.1 Å². The van der Waals surface area contributed by atoms with Gasteiger partial charge in [0.25, 0.3) is 5.91 Å². The molecule has 1 aromatic carbocycles. The molecular formula is C16H14N2O2. The van der Waals surface area contributed by atoms with E-state index in [2.05, 4.69) is 5.32 Å². The molecule has 0 aliphatic heterocycles. The predicted molar refractivity (Wildman–Crippen MR) is 75.2 cm³/mol. The van der Waals surface area contributed by atoms with Gasteiger partial charge in [-0.3, -0.25) is 4.79 Å². The summed E-state index contributed by atoms with van der Waals surface area (Å²) >= 11 is 0. The lowest BCUT2D eigenvalue weighted by Gasteiger charge is -2.06. The van der Waals surface area contributed by atoms with E-state index >= 15 is 0 Å². The second-order valence-electron chi connectivity index (χ2n) is 4.24. The van der Waals surface area contributed by atoms with Crippen LogP contribution in [0.25, 0.3) is 5.57 Å². The first-order valence-corrected chi connectivity index (χ1v) is 6.19. The van der Waals surface area contributed by atoms with Crippen LogP contribution in [0.5, 0.6) is 0 Å². The van der Waals surface area contributed by atoms with Gasteiger partial charge in [0.15, 0.2) is 0 Å². The van der Waals surface area contributed by atoms with Gasteiger partial charge >= 0.3 is 0 Å². The third-order valence-corrected chi connectivity index (χ3v) is 2.92. The Labute approximate surface area is 117 Å². The molecule has 0 radical (unpaired) electrons. The summed E-state index contributed by atoms with van der Waals surface area (Å²) in [5.41, 5.74) is 1.63. The van der Waals surface area contributed by atoms with Crippen molar-refractivity contribution >= 4 is 11.5 Å². The molecule has 0 bridgehead atoms. The number of carbonyl (C=O) groups excluding carboxylic acids is 1. The maximum absolute atomic E-state index is 12.1. The molecule has 1 N–H and O–H groups in total. The van der Waals surface area contributed by atoms with Gasteiger partial charge in [-0.05, 0) is 30.2 Å². The highest BCUT2D eigenvalue weighted by atomic mass is 16.3. The smallest absolute Gasteiger partial charge is 0.262 e. The van der Waals surface area contributed by atoms with Gasteiger partial charge in [-0.25, -0.2) is 0 Å². The number of hydrogen-bond acceptors (Lipinski definition) is 3. The molecule has 1 aromatic heterocycles. The lowest BCUT2D eigenvalue weighted by atomic mass is 10.0. The Morgan fingerprint density at radius 2 is 2.00 bits per heavy atom. The fraction of sp³-hybridized carbons (Fsp3) is 0.125. The largest absolute Gasteiger partial charge is 0.467 e. The van der Waals surface area contributed by atoms with Gasteiger partial charge in [-0.1, -0.05) is 30.3 Å². The second-order valence-corrected chi connectivity index (χ2v) is 4.24. The van der Waals surface area contributed by atoms with Crippen LogP contribution in [0.3, 0.4) is 0 Å². The van der Waals surface area contributed by atoms with E-state index in [9.17, 15) is 10.1 Å². The van der Waals surface area contributed by atoms with Crippen molar-refractivity contribution in [2.75, 3.05) is 0 Å². The maximum Gasteiger partial charge on any atom is 0.262 e. The van der Waals surface area contributed by atoms with E-state index < -0.39 is 5.91 Å². The van der Waals surface area contributed by atoms with Crippen molar-refractivity contribution in [3.8, 4) is 6.07 Å². The van der Waals surface area contributed by atoms with E-state index in [1.165, 1.54) is 6.26 Å². The number of rotatable bonds is 4. The van der Waals surface area contributed by atoms with Crippen LogP contribution in [0.2, 0.25) is 0 Å². The Kier molecular flexibility index (Phi) is 4.35. The molecule has 1 heterocycles. The summed E-state index contributed by atoms with van der Waals surface area (Å²) in [6.45, 7) is 2.03. The molecule has 0 atom stereocenters. The Hall–Kier alpha value is -2.80. The SMILES string of the molecule is CC(=C(C#N)C(=O)NCc1ccco1)c1ccccc1. The molecule has 0 saturated carbocycles. The normalized spacial score (nSPS) is 11.4. The molecule has 0 aliphatic rings. The molecule has 0 fully saturated rings. The van der Waals surface area contributed by atoms with Crippen molar-refractivity contribution in [2.24, 2.45) is 0 Å². The molecule has 4 nitrogen and oxygen atoms in total. The van der Waals surface area contributed by atoms with Crippen LogP contribution < -0.4 is 5.32 Å². The highest BCUT2D eigenvalue weighted by Gasteiger charge is 2.13. The number of furan rings is 1. The molecule has 20 heavy (non-hydrogen) atoms. The van der Waals surface area contributed by atoms with Crippen molar-refractivity contribution in [1.82, 2.24) is 5.32 Å². The van der Waals surface area contributed by atoms with Gasteiger partial charge in [-0.15, -0.1) is 0 Å². The van der Waals surface area contributed by atoms with Crippen molar-refractivity contribution < 1.29 is 9.21 Å². The summed E-state index contributed by atoms with van der Waals surface area (Å²) in [6.07, 6.45) is 1.54. The van der Waals surface area contributed by atoms with Gasteiger partial charge in [-0.2, -0.15) is 5.26 Å². The zero-order valence-corrected chi connectivity index (χ0v) is 11.1. The lowest BCUT2D eigenvalue weighted by molar-refractivity contribution is -0.117. The first kappa shape index (κ1) is 13.6. The third kappa shape index (κ3) is 3.15. The standard InChI is InChI=1S/C16H14N2O2/c1-12(13-6-3-2-4-7-13)15(10-17)16(19)18-11-14-8-5-9-20-14/h2-9H,11H2,1H3,(H,18,19). The molecule has 0 saturated heterocycles. The van der Waals surface area contributed by atoms with Crippen LogP contribution in [0.4, 0.5) is 0 Å². The Morgan fingerprint density at radius 1 is 1.25 bits per heavy atom. The van der Waals surface area contributed by atoms with Crippen LogP contribution in [-0.4, -0.2) is 5.91 Å². The quantitative estimate of drug-likeness (QED) is 0.683. The summed E-state index contributed by atoms with van der Waals surface area (Å²) in [5, 5.41) is 11.9. The molecule has 0 unspecified atom stereocenters. The molecule has 1 amide bonds. The average molecular weight is 266 g/mol. The van der Waals surface area contributed by atoms with E-state index in [1.807, 2.05) is 36.4 Å². The van der Waals surface area contributed by atoms with Crippen molar-refractivity contribution in [3.63, 3.8) is 0 Å². The van der Waals surface area contributed by atoms with Crippen molar-refractivity contribution in [1.29, 1.82) is 5.26 Å². The first-order valence-electron chi connectivity index (χ1n) is 6.19. The highest BCUT2D eigenvalue weighted by Crippen LogP contribution is 2.17. The van der Waals surface area contributed by atoms with Crippen LogP contribution in [-0.2, 0) is 11.3 Å². The maximum atomic E-state index is 12.1. The molecular weight excluding hydrogens is 252 g/mol. The van der Waals surface area contributed by atoms with Crippen molar-refractivity contribution in [2.45, 2.75) is 13.5 Å². The molecule has 2 aromatic rings.